The molecule has 3 aromatic rings. The second kappa shape index (κ2) is 8.81. The molecule has 7 heteroatoms. The maximum absolute atomic E-state index is 13.7. The molecular weight excluding hydrogens is 423 g/mol. The third-order valence-electron chi connectivity index (χ3n) is 6.09. The Morgan fingerprint density at radius 2 is 1.91 bits per heavy atom. The zero-order valence-electron chi connectivity index (χ0n) is 17.6. The predicted octanol–water partition coefficient (Wildman–Crippen LogP) is 4.39. The number of hydrogen-bond donors (Lipinski definition) is 1. The standard InChI is InChI=1S/C25H23FN4OS/c1-2-17-6-8-18(9-7-17)19-10-13-30(14-11-19)25-28-22-12-15-32(31)23(22)24(29-25)27-21-5-3-4-20(26)16-21/h1,3-9,16,19H,10-15H2,(H,27,28,29). The van der Waals surface area contributed by atoms with Gasteiger partial charge in [-0.25, -0.2) is 9.37 Å². The maximum atomic E-state index is 13.7. The van der Waals surface area contributed by atoms with Crippen molar-refractivity contribution in [2.45, 2.75) is 30.1 Å². The molecule has 3 heterocycles. The van der Waals surface area contributed by atoms with Crippen molar-refractivity contribution in [2.75, 3.05) is 29.1 Å². The van der Waals surface area contributed by atoms with Crippen LogP contribution in [0.3, 0.4) is 0 Å². The maximum Gasteiger partial charge on any atom is 0.227 e. The van der Waals surface area contributed by atoms with Crippen LogP contribution in [-0.4, -0.2) is 33.4 Å². The molecule has 32 heavy (non-hydrogen) atoms. The fourth-order valence-electron chi connectivity index (χ4n) is 4.38. The van der Waals surface area contributed by atoms with Crippen LogP contribution < -0.4 is 10.2 Å². The van der Waals surface area contributed by atoms with Crippen LogP contribution in [0.4, 0.5) is 21.8 Å². The van der Waals surface area contributed by atoms with Crippen molar-refractivity contribution in [3.05, 3.63) is 71.2 Å². The number of halogens is 1. The first-order valence-electron chi connectivity index (χ1n) is 10.7. The lowest BCUT2D eigenvalue weighted by atomic mass is 9.89. The molecule has 0 bridgehead atoms. The quantitative estimate of drug-likeness (QED) is 0.476. The minimum Gasteiger partial charge on any atom is -0.611 e. The number of piperidine rings is 1. The molecule has 2 aromatic carbocycles. The average molecular weight is 447 g/mol. The number of terminal acetylenes is 1. The van der Waals surface area contributed by atoms with Crippen molar-refractivity contribution in [3.63, 3.8) is 0 Å². The van der Waals surface area contributed by atoms with Crippen LogP contribution >= 0.6 is 0 Å². The van der Waals surface area contributed by atoms with E-state index in [9.17, 15) is 8.94 Å². The van der Waals surface area contributed by atoms with Crippen molar-refractivity contribution in [1.29, 1.82) is 0 Å². The summed E-state index contributed by atoms with van der Waals surface area (Å²) in [6.45, 7) is 1.67. The van der Waals surface area contributed by atoms with E-state index in [-0.39, 0.29) is 5.82 Å². The third-order valence-corrected chi connectivity index (χ3v) is 7.55. The Bertz CT molecular complexity index is 1170. The number of nitrogens with one attached hydrogen (secondary N) is 1. The van der Waals surface area contributed by atoms with E-state index in [2.05, 4.69) is 28.3 Å². The van der Waals surface area contributed by atoms with Crippen LogP contribution in [0.25, 0.3) is 0 Å². The Kier molecular flexibility index (Phi) is 5.73. The summed E-state index contributed by atoms with van der Waals surface area (Å²) in [5, 5.41) is 3.17. The van der Waals surface area contributed by atoms with E-state index in [4.69, 9.17) is 16.4 Å². The molecule has 0 radical (unpaired) electrons. The molecule has 1 aromatic heterocycles. The second-order valence-corrected chi connectivity index (χ2v) is 9.62. The molecule has 0 saturated carbocycles. The summed E-state index contributed by atoms with van der Waals surface area (Å²) in [5.41, 5.74) is 3.60. The average Bonchev–Trinajstić information content (AvgIpc) is 3.20. The highest BCUT2D eigenvalue weighted by Gasteiger charge is 2.33. The normalized spacial score (nSPS) is 18.3. The zero-order chi connectivity index (χ0) is 22.1. The molecule has 0 aliphatic carbocycles. The highest BCUT2D eigenvalue weighted by molar-refractivity contribution is 7.91. The first-order valence-corrected chi connectivity index (χ1v) is 12.1. The van der Waals surface area contributed by atoms with Gasteiger partial charge >= 0.3 is 0 Å². The van der Waals surface area contributed by atoms with Gasteiger partial charge in [-0.1, -0.05) is 24.1 Å². The summed E-state index contributed by atoms with van der Waals surface area (Å²) in [6, 6.07) is 14.4. The summed E-state index contributed by atoms with van der Waals surface area (Å²) in [6.07, 6.45) is 8.11. The highest BCUT2D eigenvalue weighted by atomic mass is 32.2. The van der Waals surface area contributed by atoms with E-state index in [1.165, 1.54) is 17.7 Å². The Morgan fingerprint density at radius 1 is 1.12 bits per heavy atom. The van der Waals surface area contributed by atoms with Gasteiger partial charge in [-0.05, 0) is 65.8 Å². The molecule has 0 spiro atoms. The number of nitrogens with zero attached hydrogens (tertiary/aromatic N) is 3. The van der Waals surface area contributed by atoms with Crippen LogP contribution in [0.15, 0.2) is 53.4 Å². The molecule has 1 atom stereocenters. The van der Waals surface area contributed by atoms with Gasteiger partial charge in [0.05, 0.1) is 0 Å². The molecule has 1 saturated heterocycles. The number of hydrogen-bond acceptors (Lipinski definition) is 5. The Morgan fingerprint density at radius 3 is 2.62 bits per heavy atom. The molecule has 5 nitrogen and oxygen atoms in total. The lowest BCUT2D eigenvalue weighted by Gasteiger charge is -2.32. The smallest absolute Gasteiger partial charge is 0.227 e. The van der Waals surface area contributed by atoms with Gasteiger partial charge < -0.3 is 14.8 Å². The minimum atomic E-state index is -1.15. The minimum absolute atomic E-state index is 0.334. The molecule has 2 aliphatic heterocycles. The van der Waals surface area contributed by atoms with Crippen LogP contribution in [0.1, 0.15) is 35.6 Å². The van der Waals surface area contributed by atoms with Gasteiger partial charge in [0.2, 0.25) is 10.8 Å². The van der Waals surface area contributed by atoms with Crippen molar-refractivity contribution >= 4 is 28.6 Å². The summed E-state index contributed by atoms with van der Waals surface area (Å²) >= 11 is -1.15. The SMILES string of the molecule is C#Cc1ccc(C2CCN(c3nc4c(c(Nc5cccc(F)c5)n3)[S+]([O-])CC4)CC2)cc1. The second-order valence-electron chi connectivity index (χ2n) is 8.11. The fraction of sp³-hybridized carbons (Fsp3) is 0.280. The van der Waals surface area contributed by atoms with Gasteiger partial charge in [-0.2, -0.15) is 4.98 Å². The third kappa shape index (κ3) is 4.16. The van der Waals surface area contributed by atoms with E-state index in [0.29, 0.717) is 40.4 Å². The summed E-state index contributed by atoms with van der Waals surface area (Å²) in [7, 11) is 0. The van der Waals surface area contributed by atoms with Crippen LogP contribution in [-0.2, 0) is 17.6 Å². The number of aryl methyl sites for hydroxylation is 1. The van der Waals surface area contributed by atoms with Crippen LogP contribution in [0, 0.1) is 18.2 Å². The number of rotatable bonds is 4. The van der Waals surface area contributed by atoms with Gasteiger partial charge in [0.1, 0.15) is 17.3 Å². The Balaban J connectivity index is 1.36. The van der Waals surface area contributed by atoms with Crippen molar-refractivity contribution < 1.29 is 8.94 Å². The summed E-state index contributed by atoms with van der Waals surface area (Å²) < 4.78 is 26.2. The number of anilines is 3. The molecule has 162 valence electrons. The molecule has 2 aliphatic rings. The predicted molar refractivity (Wildman–Crippen MR) is 125 cm³/mol. The van der Waals surface area contributed by atoms with Crippen LogP contribution in [0.5, 0.6) is 0 Å². The van der Waals surface area contributed by atoms with Gasteiger partial charge in [-0.3, -0.25) is 0 Å². The van der Waals surface area contributed by atoms with Gasteiger partial charge in [0.15, 0.2) is 5.82 Å². The molecular formula is C25H23FN4OS. The number of fused-ring (bicyclic) bond motifs is 1. The van der Waals surface area contributed by atoms with E-state index in [0.717, 1.165) is 37.2 Å². The first-order chi connectivity index (χ1) is 15.6. The van der Waals surface area contributed by atoms with Crippen molar-refractivity contribution in [3.8, 4) is 12.3 Å². The van der Waals surface area contributed by atoms with E-state index in [1.807, 2.05) is 12.1 Å². The van der Waals surface area contributed by atoms with E-state index >= 15 is 0 Å². The number of benzene rings is 2. The highest BCUT2D eigenvalue weighted by Crippen LogP contribution is 2.35. The molecule has 5 rings (SSSR count). The van der Waals surface area contributed by atoms with E-state index < -0.39 is 11.2 Å². The fourth-order valence-corrected chi connectivity index (χ4v) is 5.68. The lowest BCUT2D eigenvalue weighted by molar-refractivity contribution is 0.499. The summed E-state index contributed by atoms with van der Waals surface area (Å²) in [4.78, 5) is 12.3. The van der Waals surface area contributed by atoms with Gasteiger partial charge in [-0.15, -0.1) is 6.42 Å². The molecule has 1 N–H and O–H groups in total. The molecule has 1 unspecified atom stereocenters. The first kappa shape index (κ1) is 20.8. The molecule has 0 amide bonds. The van der Waals surface area contributed by atoms with Crippen molar-refractivity contribution in [1.82, 2.24) is 9.97 Å². The van der Waals surface area contributed by atoms with Crippen LogP contribution in [0.2, 0.25) is 0 Å². The topological polar surface area (TPSA) is 64.1 Å². The number of aromatic nitrogens is 2. The van der Waals surface area contributed by atoms with E-state index in [1.54, 1.807) is 12.1 Å². The van der Waals surface area contributed by atoms with Gasteiger partial charge in [0, 0.05) is 30.8 Å². The molecule has 1 fully saturated rings. The Labute approximate surface area is 190 Å². The zero-order valence-corrected chi connectivity index (χ0v) is 18.4. The van der Waals surface area contributed by atoms with Gasteiger partial charge in [0.25, 0.3) is 0 Å². The Hall–Kier alpha value is -3.08. The summed E-state index contributed by atoms with van der Waals surface area (Å²) in [5.74, 6) is 4.50. The lowest BCUT2D eigenvalue weighted by Crippen LogP contribution is -2.34. The van der Waals surface area contributed by atoms with Crippen molar-refractivity contribution in [2.24, 2.45) is 0 Å². The monoisotopic (exact) mass is 446 g/mol. The largest absolute Gasteiger partial charge is 0.611 e.